The van der Waals surface area contributed by atoms with Crippen LogP contribution in [0.15, 0.2) is 12.3 Å². The molecule has 1 heterocycles. The molecule has 14 heavy (non-hydrogen) atoms. The Kier molecular flexibility index (Phi) is 3.61. The molecule has 74 valence electrons. The minimum absolute atomic E-state index is 0.149. The summed E-state index contributed by atoms with van der Waals surface area (Å²) >= 11 is 5.71. The van der Waals surface area contributed by atoms with Gasteiger partial charge in [0.2, 0.25) is 0 Å². The number of aromatic nitrogens is 1. The van der Waals surface area contributed by atoms with Crippen LogP contribution in [0.2, 0.25) is 5.02 Å². The highest BCUT2D eigenvalue weighted by Gasteiger charge is 2.04. The van der Waals surface area contributed by atoms with E-state index in [0.717, 1.165) is 0 Å². The summed E-state index contributed by atoms with van der Waals surface area (Å²) in [5.41, 5.74) is 6.23. The SMILES string of the molecule is C#CCC(C)Nc1ncc(Cl)cc1N. The third-order valence-corrected chi connectivity index (χ3v) is 1.90. The molecule has 0 saturated heterocycles. The molecule has 0 radical (unpaired) electrons. The number of halogens is 1. The number of anilines is 2. The summed E-state index contributed by atoms with van der Waals surface area (Å²) in [5, 5.41) is 3.63. The molecule has 0 amide bonds. The molecule has 0 aromatic carbocycles. The summed E-state index contributed by atoms with van der Waals surface area (Å²) in [7, 11) is 0. The zero-order chi connectivity index (χ0) is 10.6. The van der Waals surface area contributed by atoms with Crippen LogP contribution in [0.4, 0.5) is 11.5 Å². The minimum Gasteiger partial charge on any atom is -0.396 e. The van der Waals surface area contributed by atoms with Crippen molar-refractivity contribution in [2.75, 3.05) is 11.1 Å². The van der Waals surface area contributed by atoms with Crippen LogP contribution in [0.1, 0.15) is 13.3 Å². The zero-order valence-corrected chi connectivity index (χ0v) is 8.67. The first-order valence-electron chi connectivity index (χ1n) is 4.24. The standard InChI is InChI=1S/C10H12ClN3/c1-3-4-7(2)14-10-9(12)5-8(11)6-13-10/h1,5-7H,4,12H2,2H3,(H,13,14). The van der Waals surface area contributed by atoms with Gasteiger partial charge in [0.25, 0.3) is 0 Å². The molecule has 1 rings (SSSR count). The normalized spacial score (nSPS) is 11.8. The van der Waals surface area contributed by atoms with Gasteiger partial charge in [-0.2, -0.15) is 0 Å². The van der Waals surface area contributed by atoms with E-state index < -0.39 is 0 Å². The van der Waals surface area contributed by atoms with Gasteiger partial charge < -0.3 is 11.1 Å². The fraction of sp³-hybridized carbons (Fsp3) is 0.300. The lowest BCUT2D eigenvalue weighted by Gasteiger charge is -2.13. The fourth-order valence-electron chi connectivity index (χ4n) is 1.04. The van der Waals surface area contributed by atoms with Crippen LogP contribution >= 0.6 is 11.6 Å². The first-order chi connectivity index (χ1) is 6.63. The van der Waals surface area contributed by atoms with Crippen LogP contribution in [0.3, 0.4) is 0 Å². The van der Waals surface area contributed by atoms with Gasteiger partial charge in [0.05, 0.1) is 10.7 Å². The first-order valence-corrected chi connectivity index (χ1v) is 4.62. The van der Waals surface area contributed by atoms with Gasteiger partial charge >= 0.3 is 0 Å². The molecule has 1 aromatic heterocycles. The Morgan fingerprint density at radius 1 is 1.79 bits per heavy atom. The van der Waals surface area contributed by atoms with E-state index in [9.17, 15) is 0 Å². The van der Waals surface area contributed by atoms with Crippen molar-refractivity contribution in [1.82, 2.24) is 4.98 Å². The number of nitrogen functional groups attached to an aromatic ring is 1. The molecule has 1 unspecified atom stereocenters. The van der Waals surface area contributed by atoms with E-state index in [2.05, 4.69) is 16.2 Å². The van der Waals surface area contributed by atoms with Crippen molar-refractivity contribution in [2.45, 2.75) is 19.4 Å². The molecule has 0 saturated carbocycles. The molecule has 1 atom stereocenters. The summed E-state index contributed by atoms with van der Waals surface area (Å²) in [6.07, 6.45) is 7.36. The van der Waals surface area contributed by atoms with Crippen molar-refractivity contribution in [1.29, 1.82) is 0 Å². The van der Waals surface area contributed by atoms with Gasteiger partial charge in [-0.3, -0.25) is 0 Å². The van der Waals surface area contributed by atoms with Crippen molar-refractivity contribution < 1.29 is 0 Å². The number of hydrogen-bond acceptors (Lipinski definition) is 3. The molecule has 1 aromatic rings. The summed E-state index contributed by atoms with van der Waals surface area (Å²) in [4.78, 5) is 4.06. The highest BCUT2D eigenvalue weighted by molar-refractivity contribution is 6.30. The number of hydrogen-bond donors (Lipinski definition) is 2. The van der Waals surface area contributed by atoms with E-state index in [-0.39, 0.29) is 6.04 Å². The maximum atomic E-state index is 5.71. The van der Waals surface area contributed by atoms with Crippen molar-refractivity contribution in [3.8, 4) is 12.3 Å². The molecule has 3 N–H and O–H groups in total. The quantitative estimate of drug-likeness (QED) is 0.750. The first kappa shape index (κ1) is 10.7. The number of nitrogens with one attached hydrogen (secondary N) is 1. The van der Waals surface area contributed by atoms with Gasteiger partial charge in [-0.1, -0.05) is 11.6 Å². The smallest absolute Gasteiger partial charge is 0.149 e. The van der Waals surface area contributed by atoms with E-state index in [0.29, 0.717) is 22.9 Å². The van der Waals surface area contributed by atoms with Crippen molar-refractivity contribution in [2.24, 2.45) is 0 Å². The Labute approximate surface area is 88.7 Å². The van der Waals surface area contributed by atoms with Crippen LogP contribution < -0.4 is 11.1 Å². The lowest BCUT2D eigenvalue weighted by atomic mass is 10.2. The zero-order valence-electron chi connectivity index (χ0n) is 7.92. The molecular weight excluding hydrogens is 198 g/mol. The molecule has 0 aliphatic rings. The number of rotatable bonds is 3. The van der Waals surface area contributed by atoms with Crippen molar-refractivity contribution in [3.63, 3.8) is 0 Å². The van der Waals surface area contributed by atoms with Crippen LogP contribution in [-0.2, 0) is 0 Å². The molecule has 3 nitrogen and oxygen atoms in total. The van der Waals surface area contributed by atoms with Gasteiger partial charge in [-0.15, -0.1) is 12.3 Å². The van der Waals surface area contributed by atoms with Crippen LogP contribution in [-0.4, -0.2) is 11.0 Å². The van der Waals surface area contributed by atoms with E-state index in [1.54, 1.807) is 12.3 Å². The average molecular weight is 210 g/mol. The molecule has 4 heteroatoms. The lowest BCUT2D eigenvalue weighted by Crippen LogP contribution is -2.16. The predicted molar refractivity (Wildman–Crippen MR) is 60.2 cm³/mol. The van der Waals surface area contributed by atoms with E-state index >= 15 is 0 Å². The van der Waals surface area contributed by atoms with Crippen LogP contribution in [0.25, 0.3) is 0 Å². The van der Waals surface area contributed by atoms with Crippen LogP contribution in [0, 0.1) is 12.3 Å². The van der Waals surface area contributed by atoms with E-state index in [1.807, 2.05) is 6.92 Å². The largest absolute Gasteiger partial charge is 0.396 e. The Hall–Kier alpha value is -1.40. The summed E-state index contributed by atoms with van der Waals surface area (Å²) in [5.74, 6) is 3.18. The number of nitrogens with two attached hydrogens (primary N) is 1. The Bertz CT molecular complexity index is 357. The summed E-state index contributed by atoms with van der Waals surface area (Å²) in [6, 6.07) is 1.80. The Balaban J connectivity index is 2.73. The van der Waals surface area contributed by atoms with E-state index in [1.165, 1.54) is 0 Å². The molecule has 0 fully saturated rings. The monoisotopic (exact) mass is 209 g/mol. The third kappa shape index (κ3) is 2.82. The molecule has 0 aliphatic heterocycles. The van der Waals surface area contributed by atoms with Crippen LogP contribution in [0.5, 0.6) is 0 Å². The second-order valence-corrected chi connectivity index (χ2v) is 3.48. The van der Waals surface area contributed by atoms with Crippen molar-refractivity contribution >= 4 is 23.1 Å². The molecular formula is C10H12ClN3. The highest BCUT2D eigenvalue weighted by atomic mass is 35.5. The number of pyridine rings is 1. The predicted octanol–water partition coefficient (Wildman–Crippen LogP) is 2.14. The number of nitrogens with zero attached hydrogens (tertiary/aromatic N) is 1. The summed E-state index contributed by atoms with van der Waals surface area (Å²) in [6.45, 7) is 1.97. The highest BCUT2D eigenvalue weighted by Crippen LogP contribution is 2.20. The van der Waals surface area contributed by atoms with Crippen molar-refractivity contribution in [3.05, 3.63) is 17.3 Å². The summed E-state index contributed by atoms with van der Waals surface area (Å²) < 4.78 is 0. The van der Waals surface area contributed by atoms with E-state index in [4.69, 9.17) is 23.8 Å². The second kappa shape index (κ2) is 4.73. The second-order valence-electron chi connectivity index (χ2n) is 3.05. The maximum Gasteiger partial charge on any atom is 0.149 e. The number of terminal acetylenes is 1. The Morgan fingerprint density at radius 3 is 3.07 bits per heavy atom. The third-order valence-electron chi connectivity index (χ3n) is 1.69. The maximum absolute atomic E-state index is 5.71. The van der Waals surface area contributed by atoms with Gasteiger partial charge in [-0.05, 0) is 13.0 Å². The topological polar surface area (TPSA) is 50.9 Å². The van der Waals surface area contributed by atoms with Gasteiger partial charge in [0.1, 0.15) is 5.82 Å². The lowest BCUT2D eigenvalue weighted by molar-refractivity contribution is 0.822. The average Bonchev–Trinajstić information content (AvgIpc) is 2.10. The minimum atomic E-state index is 0.149. The van der Waals surface area contributed by atoms with Gasteiger partial charge in [0.15, 0.2) is 0 Å². The van der Waals surface area contributed by atoms with Gasteiger partial charge in [-0.25, -0.2) is 4.98 Å². The Morgan fingerprint density at radius 2 is 2.50 bits per heavy atom. The molecule has 0 aliphatic carbocycles. The molecule has 0 spiro atoms. The fourth-order valence-corrected chi connectivity index (χ4v) is 1.20. The van der Waals surface area contributed by atoms with Gasteiger partial charge in [0, 0.05) is 18.7 Å². The molecule has 0 bridgehead atoms.